The number of nitrogens with zero attached hydrogens (tertiary/aromatic N) is 2. The fraction of sp³-hybridized carbons (Fsp3) is 0.160. The van der Waals surface area contributed by atoms with Crippen LogP contribution in [0.25, 0.3) is 11.0 Å². The van der Waals surface area contributed by atoms with Gasteiger partial charge in [-0.2, -0.15) is 8.78 Å². The van der Waals surface area contributed by atoms with E-state index in [9.17, 15) is 18.4 Å². The SMILES string of the molecule is C[C@H](NC(=O)c1ccccc1)c1nc2ccccc2n1CC(=O)Nc1ccc(OC(F)F)c(Cl)c1. The van der Waals surface area contributed by atoms with Crippen LogP contribution in [0.1, 0.15) is 29.1 Å². The minimum Gasteiger partial charge on any atom is -0.433 e. The molecule has 1 atom stereocenters. The van der Waals surface area contributed by atoms with E-state index < -0.39 is 18.6 Å². The fourth-order valence-electron chi connectivity index (χ4n) is 3.64. The third-order valence-electron chi connectivity index (χ3n) is 5.19. The van der Waals surface area contributed by atoms with Crippen molar-refractivity contribution in [1.82, 2.24) is 14.9 Å². The van der Waals surface area contributed by atoms with E-state index in [-0.39, 0.29) is 23.2 Å². The van der Waals surface area contributed by atoms with Crippen LogP contribution in [-0.2, 0) is 11.3 Å². The normalized spacial score (nSPS) is 11.9. The first-order valence-corrected chi connectivity index (χ1v) is 11.0. The van der Waals surface area contributed by atoms with Gasteiger partial charge in [0.05, 0.1) is 22.1 Å². The Labute approximate surface area is 204 Å². The maximum atomic E-state index is 12.9. The van der Waals surface area contributed by atoms with Crippen LogP contribution in [0.15, 0.2) is 72.8 Å². The van der Waals surface area contributed by atoms with Crippen LogP contribution in [0.3, 0.4) is 0 Å². The lowest BCUT2D eigenvalue weighted by Gasteiger charge is -2.16. The Hall–Kier alpha value is -3.98. The lowest BCUT2D eigenvalue weighted by molar-refractivity contribution is -0.116. The summed E-state index contributed by atoms with van der Waals surface area (Å²) in [5.41, 5.74) is 2.22. The first kappa shape index (κ1) is 24.2. The number of benzene rings is 3. The number of aromatic nitrogens is 2. The summed E-state index contributed by atoms with van der Waals surface area (Å²) in [5.74, 6) is -0.341. The molecule has 1 aromatic heterocycles. The molecule has 35 heavy (non-hydrogen) atoms. The van der Waals surface area contributed by atoms with Gasteiger partial charge in [-0.15, -0.1) is 0 Å². The lowest BCUT2D eigenvalue weighted by Crippen LogP contribution is -2.30. The van der Waals surface area contributed by atoms with Crippen molar-refractivity contribution in [2.45, 2.75) is 26.1 Å². The van der Waals surface area contributed by atoms with Crippen molar-refractivity contribution < 1.29 is 23.1 Å². The molecule has 0 radical (unpaired) electrons. The average Bonchev–Trinajstić information content (AvgIpc) is 3.19. The number of carbonyl (C=O) groups excluding carboxylic acids is 2. The first-order chi connectivity index (χ1) is 16.8. The summed E-state index contributed by atoms with van der Waals surface area (Å²) < 4.78 is 30.9. The minimum atomic E-state index is -3.01. The van der Waals surface area contributed by atoms with Gasteiger partial charge < -0.3 is 19.9 Å². The fourth-order valence-corrected chi connectivity index (χ4v) is 3.86. The number of hydrogen-bond acceptors (Lipinski definition) is 4. The van der Waals surface area contributed by atoms with Gasteiger partial charge in [-0.1, -0.05) is 41.9 Å². The highest BCUT2D eigenvalue weighted by molar-refractivity contribution is 6.32. The Bertz CT molecular complexity index is 1360. The average molecular weight is 499 g/mol. The van der Waals surface area contributed by atoms with Crippen molar-refractivity contribution in [1.29, 1.82) is 0 Å². The smallest absolute Gasteiger partial charge is 0.387 e. The predicted molar refractivity (Wildman–Crippen MR) is 129 cm³/mol. The molecule has 0 fully saturated rings. The number of halogens is 3. The molecule has 7 nitrogen and oxygen atoms in total. The van der Waals surface area contributed by atoms with Gasteiger partial charge in [-0.05, 0) is 49.4 Å². The molecule has 180 valence electrons. The number of amides is 2. The zero-order chi connectivity index (χ0) is 24.9. The maximum absolute atomic E-state index is 12.9. The third kappa shape index (κ3) is 5.75. The summed E-state index contributed by atoms with van der Waals surface area (Å²) in [4.78, 5) is 30.2. The Kier molecular flexibility index (Phi) is 7.26. The van der Waals surface area contributed by atoms with Gasteiger partial charge in [0.2, 0.25) is 5.91 Å². The standard InChI is InChI=1S/C25H21ClF2N4O3/c1-15(29-24(34)16-7-3-2-4-8-16)23-31-19-9-5-6-10-20(19)32(23)14-22(33)30-17-11-12-21(18(26)13-17)35-25(27)28/h2-13,15,25H,14H2,1H3,(H,29,34)(H,30,33)/t15-/m0/s1. The molecular weight excluding hydrogens is 478 g/mol. The molecular formula is C25H21ClF2N4O3. The zero-order valence-corrected chi connectivity index (χ0v) is 19.3. The van der Waals surface area contributed by atoms with Crippen molar-refractivity contribution in [2.24, 2.45) is 0 Å². The molecule has 0 spiro atoms. The summed E-state index contributed by atoms with van der Waals surface area (Å²) in [6.07, 6.45) is 0. The third-order valence-corrected chi connectivity index (χ3v) is 5.48. The molecule has 4 rings (SSSR count). The van der Waals surface area contributed by atoms with Crippen LogP contribution < -0.4 is 15.4 Å². The Morgan fingerprint density at radius 1 is 1.06 bits per heavy atom. The lowest BCUT2D eigenvalue weighted by atomic mass is 10.2. The van der Waals surface area contributed by atoms with E-state index in [0.29, 0.717) is 22.6 Å². The van der Waals surface area contributed by atoms with Gasteiger partial charge >= 0.3 is 6.61 Å². The summed E-state index contributed by atoms with van der Waals surface area (Å²) in [6.45, 7) is -1.32. The van der Waals surface area contributed by atoms with Crippen LogP contribution in [0.4, 0.5) is 14.5 Å². The van der Waals surface area contributed by atoms with Crippen molar-refractivity contribution in [3.8, 4) is 5.75 Å². The van der Waals surface area contributed by atoms with Crippen LogP contribution in [0.2, 0.25) is 5.02 Å². The van der Waals surface area contributed by atoms with Gasteiger partial charge in [-0.25, -0.2) is 4.98 Å². The second kappa shape index (κ2) is 10.5. The van der Waals surface area contributed by atoms with Gasteiger partial charge in [0.15, 0.2) is 0 Å². The number of anilines is 1. The number of carbonyl (C=O) groups is 2. The molecule has 0 saturated heterocycles. The van der Waals surface area contributed by atoms with Crippen LogP contribution in [0.5, 0.6) is 5.75 Å². The van der Waals surface area contributed by atoms with Gasteiger partial charge in [-0.3, -0.25) is 9.59 Å². The molecule has 2 amide bonds. The van der Waals surface area contributed by atoms with E-state index in [2.05, 4.69) is 20.4 Å². The highest BCUT2D eigenvalue weighted by atomic mass is 35.5. The molecule has 3 aromatic carbocycles. The minimum absolute atomic E-state index is 0.0610. The van der Waals surface area contributed by atoms with Gasteiger partial charge in [0.25, 0.3) is 5.91 Å². The molecule has 4 aromatic rings. The second-order valence-corrected chi connectivity index (χ2v) is 8.09. The van der Waals surface area contributed by atoms with Crippen LogP contribution in [-0.4, -0.2) is 28.0 Å². The molecule has 0 aliphatic heterocycles. The molecule has 0 saturated carbocycles. The summed E-state index contributed by atoms with van der Waals surface area (Å²) in [6, 6.07) is 19.6. The molecule has 0 unspecified atom stereocenters. The molecule has 2 N–H and O–H groups in total. The molecule has 0 aliphatic rings. The molecule has 1 heterocycles. The number of alkyl halides is 2. The maximum Gasteiger partial charge on any atom is 0.387 e. The number of para-hydroxylation sites is 2. The summed E-state index contributed by atoms with van der Waals surface area (Å²) >= 11 is 5.98. The zero-order valence-electron chi connectivity index (χ0n) is 18.5. The van der Waals surface area contributed by atoms with E-state index in [1.54, 1.807) is 35.8 Å². The van der Waals surface area contributed by atoms with Gasteiger partial charge in [0, 0.05) is 11.3 Å². The number of nitrogens with one attached hydrogen (secondary N) is 2. The predicted octanol–water partition coefficient (Wildman–Crippen LogP) is 5.42. The Balaban J connectivity index is 1.54. The monoisotopic (exact) mass is 498 g/mol. The molecule has 10 heteroatoms. The summed E-state index contributed by atoms with van der Waals surface area (Å²) in [5, 5.41) is 5.56. The van der Waals surface area contributed by atoms with E-state index in [1.807, 2.05) is 30.3 Å². The first-order valence-electron chi connectivity index (χ1n) is 10.7. The number of fused-ring (bicyclic) bond motifs is 1. The van der Waals surface area contributed by atoms with E-state index in [1.165, 1.54) is 18.2 Å². The van der Waals surface area contributed by atoms with Crippen molar-refractivity contribution >= 4 is 40.1 Å². The second-order valence-electron chi connectivity index (χ2n) is 7.68. The van der Waals surface area contributed by atoms with Gasteiger partial charge in [0.1, 0.15) is 18.1 Å². The van der Waals surface area contributed by atoms with Crippen LogP contribution >= 0.6 is 11.6 Å². The molecule has 0 aliphatic carbocycles. The number of imidazole rings is 1. The summed E-state index contributed by atoms with van der Waals surface area (Å²) in [7, 11) is 0. The number of ether oxygens (including phenoxy) is 1. The Morgan fingerprint density at radius 3 is 2.49 bits per heavy atom. The van der Waals surface area contributed by atoms with E-state index in [4.69, 9.17) is 11.6 Å². The highest BCUT2D eigenvalue weighted by Crippen LogP contribution is 2.29. The molecule has 0 bridgehead atoms. The van der Waals surface area contributed by atoms with Crippen molar-refractivity contribution in [3.05, 3.63) is 89.2 Å². The highest BCUT2D eigenvalue weighted by Gasteiger charge is 2.21. The Morgan fingerprint density at radius 2 is 1.77 bits per heavy atom. The largest absolute Gasteiger partial charge is 0.433 e. The quantitative estimate of drug-likeness (QED) is 0.339. The van der Waals surface area contributed by atoms with E-state index in [0.717, 1.165) is 5.52 Å². The van der Waals surface area contributed by atoms with Crippen molar-refractivity contribution in [2.75, 3.05) is 5.32 Å². The van der Waals surface area contributed by atoms with Crippen molar-refractivity contribution in [3.63, 3.8) is 0 Å². The topological polar surface area (TPSA) is 85.2 Å². The number of rotatable bonds is 8. The number of hydrogen-bond donors (Lipinski definition) is 2. The van der Waals surface area contributed by atoms with Crippen LogP contribution in [0, 0.1) is 0 Å². The van der Waals surface area contributed by atoms with E-state index >= 15 is 0 Å².